The minimum Gasteiger partial charge on any atom is -0.480 e. The number of aliphatic hydroxyl groups excluding tert-OH is 1. The first-order valence-corrected chi connectivity index (χ1v) is 20.5. The van der Waals surface area contributed by atoms with Crippen molar-refractivity contribution in [1.29, 1.82) is 10.8 Å². The topological polar surface area (TPSA) is 241 Å². The van der Waals surface area contributed by atoms with E-state index in [1.54, 1.807) is 45.0 Å². The number of pyridine rings is 1. The number of aromatic nitrogens is 2. The third-order valence-electron chi connectivity index (χ3n) is 11.9. The summed E-state index contributed by atoms with van der Waals surface area (Å²) in [6, 6.07) is 6.39. The number of Topliss-reactive ketones (excluding diaryl/α,β-unsaturated/α-hetero) is 1. The van der Waals surface area contributed by atoms with Crippen molar-refractivity contribution in [3.8, 4) is 11.4 Å². The number of carbonyl (C=O) groups is 2. The molecule has 0 amide bonds. The zero-order valence-corrected chi connectivity index (χ0v) is 36.3. The largest absolute Gasteiger partial charge is 0.480 e. The summed E-state index contributed by atoms with van der Waals surface area (Å²) in [6.45, 7) is 11.3. The van der Waals surface area contributed by atoms with Crippen molar-refractivity contribution in [2.24, 2.45) is 22.9 Å². The van der Waals surface area contributed by atoms with E-state index in [4.69, 9.17) is 43.2 Å². The molecule has 12 atom stereocenters. The predicted octanol–water partition coefficient (Wildman–Crippen LogP) is 3.93. The third-order valence-corrected chi connectivity index (χ3v) is 11.9. The Morgan fingerprint density at radius 2 is 1.85 bits per heavy atom. The number of ether oxygens (including phenoxy) is 6. The summed E-state index contributed by atoms with van der Waals surface area (Å²) < 4.78 is 42.4. The number of likely N-dealkylation sites (N-methyl/N-ethyl adjacent to an activating group) is 1. The van der Waals surface area contributed by atoms with Crippen LogP contribution in [0.25, 0.3) is 11.4 Å². The van der Waals surface area contributed by atoms with Gasteiger partial charge in [0.2, 0.25) is 5.90 Å². The van der Waals surface area contributed by atoms with Crippen LogP contribution in [0.2, 0.25) is 0 Å². The van der Waals surface area contributed by atoms with Gasteiger partial charge >= 0.3 is 5.97 Å². The fourth-order valence-electron chi connectivity index (χ4n) is 8.18. The molecule has 18 nitrogen and oxygen atoms in total. The van der Waals surface area contributed by atoms with Gasteiger partial charge in [-0.05, 0) is 79.1 Å². The highest BCUT2D eigenvalue weighted by molar-refractivity contribution is 6.00. The molecule has 3 fully saturated rings. The summed E-state index contributed by atoms with van der Waals surface area (Å²) in [4.78, 5) is 40.2. The minimum atomic E-state index is -1.80. The van der Waals surface area contributed by atoms with E-state index in [2.05, 4.69) is 15.3 Å². The van der Waals surface area contributed by atoms with Crippen molar-refractivity contribution in [3.63, 3.8) is 0 Å². The van der Waals surface area contributed by atoms with E-state index in [-0.39, 0.29) is 68.6 Å². The number of rotatable bonds is 9. The van der Waals surface area contributed by atoms with Crippen molar-refractivity contribution >= 4 is 29.1 Å². The second-order valence-corrected chi connectivity index (χ2v) is 16.9. The van der Waals surface area contributed by atoms with Gasteiger partial charge in [0.15, 0.2) is 24.4 Å². The lowest BCUT2D eigenvalue weighted by atomic mass is 9.76. The number of oxime groups is 1. The number of methoxy groups -OCH3 is 1. The number of esters is 1. The van der Waals surface area contributed by atoms with Crippen molar-refractivity contribution in [3.05, 3.63) is 35.7 Å². The van der Waals surface area contributed by atoms with E-state index in [0.717, 1.165) is 0 Å². The highest BCUT2D eigenvalue weighted by Crippen LogP contribution is 2.39. The molecule has 3 saturated heterocycles. The Bertz CT molecular complexity index is 1870. The number of ketones is 1. The van der Waals surface area contributed by atoms with Crippen LogP contribution in [-0.4, -0.2) is 143 Å². The number of hydrogen-bond acceptors (Lipinski definition) is 18. The summed E-state index contributed by atoms with van der Waals surface area (Å²) in [6.07, 6.45) is -5.00. The highest BCUT2D eigenvalue weighted by Gasteiger charge is 2.51. The zero-order chi connectivity index (χ0) is 44.1. The Hall–Kier alpha value is -4.17. The van der Waals surface area contributed by atoms with Gasteiger partial charge in [-0.2, -0.15) is 0 Å². The Kier molecular flexibility index (Phi) is 15.4. The molecule has 4 N–H and O–H groups in total. The molecule has 332 valence electrons. The maximum absolute atomic E-state index is 14.4. The summed E-state index contributed by atoms with van der Waals surface area (Å²) >= 11 is 0. The average Bonchev–Trinajstić information content (AvgIpc) is 3.69. The Morgan fingerprint density at radius 1 is 1.12 bits per heavy atom. The fourth-order valence-corrected chi connectivity index (χ4v) is 8.18. The van der Waals surface area contributed by atoms with Crippen LogP contribution < -0.4 is 0 Å². The van der Waals surface area contributed by atoms with Gasteiger partial charge in [-0.1, -0.05) is 37.1 Å². The molecular formula is C42H62N6O12. The SMILES string of the molecule is CC[C@H]1OC(=O)[C@H](C)C(=O)[C@H](C)[C@@H](O[C@@H]2O[C@H](C)C[C@H](N(C)C)[C@H]2O)[C@@]2(C)C[C@@H](C)C(=N)C[C@@H](OC/C(=N/OCc3cc(-c4cccc(C(=N)OC)n4)no3)CO2)[C@]1(C)O. The monoisotopic (exact) mass is 842 g/mol. The van der Waals surface area contributed by atoms with Gasteiger partial charge in [0.1, 0.15) is 40.8 Å². The molecule has 5 heterocycles. The number of fused-ring (bicyclic) bond motifs is 5. The van der Waals surface area contributed by atoms with Crippen LogP contribution >= 0.6 is 0 Å². The molecule has 2 bridgehead atoms. The van der Waals surface area contributed by atoms with Crippen molar-refractivity contribution < 1.29 is 57.6 Å². The zero-order valence-electron chi connectivity index (χ0n) is 36.3. The van der Waals surface area contributed by atoms with Crippen LogP contribution in [0.5, 0.6) is 0 Å². The molecular weight excluding hydrogens is 780 g/mol. The average molecular weight is 843 g/mol. The van der Waals surface area contributed by atoms with E-state index in [1.165, 1.54) is 21.0 Å². The van der Waals surface area contributed by atoms with E-state index >= 15 is 0 Å². The first kappa shape index (κ1) is 46.9. The summed E-state index contributed by atoms with van der Waals surface area (Å²) in [5.41, 5.74) is -1.53. The van der Waals surface area contributed by atoms with Gasteiger partial charge < -0.3 is 58.3 Å². The maximum atomic E-state index is 14.4. The molecule has 18 heteroatoms. The van der Waals surface area contributed by atoms with Crippen LogP contribution in [0.4, 0.5) is 0 Å². The molecule has 0 spiro atoms. The lowest BCUT2D eigenvalue weighted by Gasteiger charge is -2.47. The lowest BCUT2D eigenvalue weighted by molar-refractivity contribution is -0.296. The molecule has 3 aliphatic heterocycles. The van der Waals surface area contributed by atoms with Crippen LogP contribution in [-0.2, 0) is 49.5 Å². The number of aliphatic hydroxyl groups is 2. The third kappa shape index (κ3) is 10.6. The number of cyclic esters (lactones) is 1. The van der Waals surface area contributed by atoms with Crippen LogP contribution in [0.3, 0.4) is 0 Å². The highest BCUT2D eigenvalue weighted by atomic mass is 16.7. The Balaban J connectivity index is 1.53. The second kappa shape index (κ2) is 19.7. The van der Waals surface area contributed by atoms with Gasteiger partial charge in [-0.25, -0.2) is 4.98 Å². The number of hydrogen-bond donors (Lipinski definition) is 4. The first-order valence-electron chi connectivity index (χ1n) is 20.5. The fraction of sp³-hybridized carbons (Fsp3) is 0.690. The minimum absolute atomic E-state index is 0.0333. The summed E-state index contributed by atoms with van der Waals surface area (Å²) in [5.74, 6) is -3.87. The predicted molar refractivity (Wildman–Crippen MR) is 217 cm³/mol. The van der Waals surface area contributed by atoms with E-state index in [0.29, 0.717) is 29.3 Å². The van der Waals surface area contributed by atoms with Crippen LogP contribution in [0.15, 0.2) is 33.9 Å². The first-order chi connectivity index (χ1) is 28.3. The number of nitrogens with zero attached hydrogens (tertiary/aromatic N) is 4. The summed E-state index contributed by atoms with van der Waals surface area (Å²) in [5, 5.41) is 49.3. The van der Waals surface area contributed by atoms with Crippen LogP contribution in [0, 0.1) is 28.6 Å². The van der Waals surface area contributed by atoms with Crippen molar-refractivity contribution in [1.82, 2.24) is 15.0 Å². The smallest absolute Gasteiger partial charge is 0.316 e. The number of nitrogens with one attached hydrogen (secondary N) is 2. The number of carbonyl (C=O) groups excluding carboxylic acids is 2. The molecule has 2 aromatic rings. The quantitative estimate of drug-likeness (QED) is 0.0920. The molecule has 5 rings (SSSR count). The normalized spacial score (nSPS) is 35.6. The van der Waals surface area contributed by atoms with Gasteiger partial charge in [-0.3, -0.25) is 15.0 Å². The van der Waals surface area contributed by atoms with Gasteiger partial charge in [0.25, 0.3) is 0 Å². The van der Waals surface area contributed by atoms with Crippen LogP contribution in [0.1, 0.15) is 85.6 Å². The standard InChI is InChI=1S/C42H62N6O12/c1-11-33-42(7,52)34-17-28(43)22(2)18-41(6,37(24(4)35(49)25(5)39(51)58-33)59-40-36(50)32(48(8)9)15-23(3)57-40)55-20-26(19-54-34)46-56-21-27-16-31(47-60-27)29-13-12-14-30(45-29)38(44)53-10/h12-14,16,22-25,32-34,36-37,40,43-44,50,52H,11,15,17-21H2,1-10H3/b43-28?,44-38?,46-26-/t22-,23-,24+,25-,32+,33-,34-,36-,37-,40+,41-,42-/m1/s1. The van der Waals surface area contributed by atoms with E-state index < -0.39 is 71.4 Å². The maximum Gasteiger partial charge on any atom is 0.316 e. The van der Waals surface area contributed by atoms with Gasteiger partial charge in [0.05, 0.1) is 49.9 Å². The molecule has 0 aromatic carbocycles. The lowest BCUT2D eigenvalue weighted by Crippen LogP contribution is -2.59. The molecule has 0 radical (unpaired) electrons. The Morgan fingerprint density at radius 3 is 2.53 bits per heavy atom. The van der Waals surface area contributed by atoms with Crippen molar-refractivity contribution in [2.75, 3.05) is 34.4 Å². The van der Waals surface area contributed by atoms with Gasteiger partial charge in [0, 0.05) is 30.2 Å². The van der Waals surface area contributed by atoms with Gasteiger partial charge in [-0.15, -0.1) is 0 Å². The molecule has 0 unspecified atom stereocenters. The second-order valence-electron chi connectivity index (χ2n) is 16.9. The summed E-state index contributed by atoms with van der Waals surface area (Å²) in [7, 11) is 5.11. The molecule has 60 heavy (non-hydrogen) atoms. The molecule has 3 aliphatic rings. The molecule has 0 saturated carbocycles. The van der Waals surface area contributed by atoms with E-state index in [1.807, 2.05) is 32.8 Å². The van der Waals surface area contributed by atoms with Crippen molar-refractivity contribution in [2.45, 2.75) is 135 Å². The molecule has 0 aliphatic carbocycles. The Labute approximate surface area is 351 Å². The molecule has 2 aromatic heterocycles. The van der Waals surface area contributed by atoms with E-state index in [9.17, 15) is 25.2 Å².